The van der Waals surface area contributed by atoms with Crippen LogP contribution in [-0.2, 0) is 0 Å². The van der Waals surface area contributed by atoms with Crippen LogP contribution in [0.4, 0.5) is 30.2 Å². The second-order valence-corrected chi connectivity index (χ2v) is 17.2. The smallest absolute Gasteiger partial charge is 0.341 e. The van der Waals surface area contributed by atoms with Crippen LogP contribution < -0.4 is 38.3 Å². The SMILES string of the molecule is C[C@@H]1CNCC12CC2.Cc1c(F)c(F)c(N)c2c(=O)c(C(=O)O)cn(C3CC3)c12.Cc1c(N2C[C@@H](N)C3(CC3)C2)c(F)c(N)c2c(=O)c(C(=O)O)cn(C3CC3)c12. The van der Waals surface area contributed by atoms with Crippen LogP contribution in [0.25, 0.3) is 21.8 Å². The predicted molar refractivity (Wildman–Crippen MR) is 211 cm³/mol. The third-order valence-corrected chi connectivity index (χ3v) is 13.4. The number of hydrogen-bond acceptors (Lipinski definition) is 9. The Labute approximate surface area is 325 Å². The maximum Gasteiger partial charge on any atom is 0.341 e. The number of nitrogens with two attached hydrogens (primary N) is 3. The number of anilines is 3. The first-order valence-electron chi connectivity index (χ1n) is 19.6. The van der Waals surface area contributed by atoms with Crippen LogP contribution >= 0.6 is 0 Å². The molecule has 16 heteroatoms. The second-order valence-electron chi connectivity index (χ2n) is 17.2. The largest absolute Gasteiger partial charge is 0.477 e. The van der Waals surface area contributed by atoms with Gasteiger partial charge in [-0.3, -0.25) is 9.59 Å². The highest BCUT2D eigenvalue weighted by molar-refractivity contribution is 6.02. The molecule has 13 nitrogen and oxygen atoms in total. The third-order valence-electron chi connectivity index (χ3n) is 13.4. The van der Waals surface area contributed by atoms with E-state index in [0.29, 0.717) is 29.9 Å². The van der Waals surface area contributed by atoms with Crippen molar-refractivity contribution in [3.8, 4) is 0 Å². The monoisotopic (exact) mass is 791 g/mol. The number of hydrogen-bond donors (Lipinski definition) is 6. The van der Waals surface area contributed by atoms with E-state index in [-0.39, 0.29) is 56.6 Å². The lowest BCUT2D eigenvalue weighted by molar-refractivity contribution is 0.0684. The fourth-order valence-corrected chi connectivity index (χ4v) is 9.11. The molecule has 10 rings (SSSR count). The Bertz CT molecular complexity index is 2520. The number of nitrogens with zero attached hydrogens (tertiary/aromatic N) is 3. The second kappa shape index (κ2) is 13.5. The molecule has 57 heavy (non-hydrogen) atoms. The molecule has 2 aliphatic heterocycles. The molecule has 2 saturated heterocycles. The highest BCUT2D eigenvalue weighted by Gasteiger charge is 2.54. The summed E-state index contributed by atoms with van der Waals surface area (Å²) in [6, 6.07) is 0.0746. The lowest BCUT2D eigenvalue weighted by Gasteiger charge is -2.25. The number of benzene rings is 2. The van der Waals surface area contributed by atoms with Crippen LogP contribution in [-0.4, -0.2) is 63.5 Å². The summed E-state index contributed by atoms with van der Waals surface area (Å²) in [4.78, 5) is 49.8. The molecule has 2 atom stereocenters. The van der Waals surface area contributed by atoms with Gasteiger partial charge in [0.25, 0.3) is 0 Å². The molecule has 0 amide bonds. The van der Waals surface area contributed by atoms with Gasteiger partial charge >= 0.3 is 11.9 Å². The van der Waals surface area contributed by atoms with Crippen molar-refractivity contribution in [3.63, 3.8) is 0 Å². The average molecular weight is 792 g/mol. The average Bonchev–Trinajstić information content (AvgIpc) is 3.95. The van der Waals surface area contributed by atoms with Gasteiger partial charge in [-0.05, 0) is 88.7 Å². The van der Waals surface area contributed by atoms with Crippen molar-refractivity contribution >= 4 is 50.8 Å². The van der Waals surface area contributed by atoms with E-state index in [9.17, 15) is 33.1 Å². The Morgan fingerprint density at radius 2 is 1.25 bits per heavy atom. The molecule has 4 aromatic rings. The van der Waals surface area contributed by atoms with E-state index >= 15 is 4.39 Å². The zero-order chi connectivity index (χ0) is 41.0. The van der Waals surface area contributed by atoms with Crippen molar-refractivity contribution in [1.82, 2.24) is 14.5 Å². The van der Waals surface area contributed by atoms with Gasteiger partial charge in [-0.2, -0.15) is 0 Å². The van der Waals surface area contributed by atoms with Gasteiger partial charge in [0.1, 0.15) is 11.1 Å². The van der Waals surface area contributed by atoms with E-state index < -0.39 is 51.5 Å². The number of halogens is 3. The normalized spacial score (nSPS) is 22.4. The third kappa shape index (κ3) is 6.31. The van der Waals surface area contributed by atoms with Crippen LogP contribution in [0.15, 0.2) is 22.0 Å². The molecule has 2 aromatic heterocycles. The number of aromatic carboxylic acids is 2. The molecular formula is C41H48F3N7O6. The highest BCUT2D eigenvalue weighted by Crippen LogP contribution is 2.54. The van der Waals surface area contributed by atoms with Crippen molar-refractivity contribution in [2.24, 2.45) is 22.5 Å². The quantitative estimate of drug-likeness (QED) is 0.145. The minimum absolute atomic E-state index is 0.0109. The van der Waals surface area contributed by atoms with Crippen LogP contribution in [0.2, 0.25) is 0 Å². The Morgan fingerprint density at radius 3 is 1.63 bits per heavy atom. The van der Waals surface area contributed by atoms with E-state index in [0.717, 1.165) is 49.9 Å². The number of aromatic nitrogens is 2. The molecule has 2 aromatic carbocycles. The molecule has 304 valence electrons. The molecule has 6 aliphatic rings. The lowest BCUT2D eigenvalue weighted by Crippen LogP contribution is -2.31. The van der Waals surface area contributed by atoms with E-state index in [2.05, 4.69) is 12.2 Å². The fraction of sp³-hybridized carbons (Fsp3) is 0.512. The Morgan fingerprint density at radius 1 is 0.772 bits per heavy atom. The van der Waals surface area contributed by atoms with Gasteiger partial charge in [-0.25, -0.2) is 22.8 Å². The van der Waals surface area contributed by atoms with E-state index in [4.69, 9.17) is 22.3 Å². The molecular weight excluding hydrogens is 743 g/mol. The van der Waals surface area contributed by atoms with Crippen molar-refractivity contribution in [1.29, 1.82) is 0 Å². The van der Waals surface area contributed by atoms with Gasteiger partial charge in [0, 0.05) is 61.1 Å². The number of carboxylic acid groups (broad SMARTS) is 2. The number of nitrogens with one attached hydrogen (secondary N) is 1. The Balaban J connectivity index is 0.000000137. The summed E-state index contributed by atoms with van der Waals surface area (Å²) >= 11 is 0. The van der Waals surface area contributed by atoms with Gasteiger partial charge in [0.05, 0.1) is 38.9 Å². The molecule has 4 aliphatic carbocycles. The zero-order valence-electron chi connectivity index (χ0n) is 32.2. The Hall–Kier alpha value is -5.09. The summed E-state index contributed by atoms with van der Waals surface area (Å²) in [6.45, 7) is 9.28. The summed E-state index contributed by atoms with van der Waals surface area (Å²) < 4.78 is 46.4. The number of carboxylic acids is 2. The summed E-state index contributed by atoms with van der Waals surface area (Å²) in [6.07, 6.45) is 11.0. The molecule has 0 unspecified atom stereocenters. The first kappa shape index (κ1) is 38.8. The molecule has 2 spiro atoms. The van der Waals surface area contributed by atoms with Crippen molar-refractivity contribution in [3.05, 3.63) is 72.5 Å². The molecule has 0 radical (unpaired) electrons. The van der Waals surface area contributed by atoms with Gasteiger partial charge in [-0.1, -0.05) is 6.92 Å². The summed E-state index contributed by atoms with van der Waals surface area (Å²) in [5.74, 6) is -4.87. The standard InChI is InChI=1S/C20H23FN4O3.C14H12F2N2O3.C7H13N/c1-9-16-13(18(26)11(19(27)28)6-25(16)10-2-3-10)15(23)14(21)17(9)24-7-12(22)20(8-24)4-5-20;1-5-9(15)10(16)11(17)8-12(5)18(6-2-3-6)4-7(13(8)19)14(20)21;1-6-4-8-5-7(6)2-3-7/h6,10,12H,2-5,7-8,22-23H2,1H3,(H,27,28);4,6H,2-3,17H2,1H3,(H,20,21);6,8H,2-5H2,1H3/t12-;;6-/m1.1/s1. The number of nitrogen functional groups attached to an aromatic ring is 2. The molecule has 0 bridgehead atoms. The van der Waals surface area contributed by atoms with Gasteiger partial charge in [-0.15, -0.1) is 0 Å². The van der Waals surface area contributed by atoms with Crippen molar-refractivity contribution in [2.45, 2.75) is 90.3 Å². The number of rotatable bonds is 5. The molecule has 9 N–H and O–H groups in total. The minimum atomic E-state index is -1.42. The van der Waals surface area contributed by atoms with E-state index in [1.165, 1.54) is 49.8 Å². The van der Waals surface area contributed by atoms with Gasteiger partial charge in [0.15, 0.2) is 17.5 Å². The van der Waals surface area contributed by atoms with Crippen LogP contribution in [0.5, 0.6) is 0 Å². The number of fused-ring (bicyclic) bond motifs is 2. The highest BCUT2D eigenvalue weighted by atomic mass is 19.2. The summed E-state index contributed by atoms with van der Waals surface area (Å²) in [5.41, 5.74) is 17.0. The first-order valence-corrected chi connectivity index (χ1v) is 19.6. The summed E-state index contributed by atoms with van der Waals surface area (Å²) in [5, 5.41) is 21.7. The zero-order valence-corrected chi connectivity index (χ0v) is 32.2. The van der Waals surface area contributed by atoms with Crippen molar-refractivity contribution in [2.75, 3.05) is 42.5 Å². The fourth-order valence-electron chi connectivity index (χ4n) is 9.11. The number of aryl methyl sites for hydroxylation is 2. The minimum Gasteiger partial charge on any atom is -0.477 e. The van der Waals surface area contributed by atoms with Crippen LogP contribution in [0.3, 0.4) is 0 Å². The van der Waals surface area contributed by atoms with Crippen molar-refractivity contribution < 1.29 is 33.0 Å². The number of carbonyl (C=O) groups is 2. The first-order chi connectivity index (χ1) is 26.9. The maximum absolute atomic E-state index is 15.4. The van der Waals surface area contributed by atoms with Crippen LogP contribution in [0.1, 0.15) is 102 Å². The van der Waals surface area contributed by atoms with Gasteiger partial charge < -0.3 is 46.8 Å². The van der Waals surface area contributed by atoms with Crippen LogP contribution in [0, 0.1) is 48.0 Å². The Kier molecular flexibility index (Phi) is 9.18. The van der Waals surface area contributed by atoms with E-state index in [1.54, 1.807) is 11.5 Å². The summed E-state index contributed by atoms with van der Waals surface area (Å²) in [7, 11) is 0. The van der Waals surface area contributed by atoms with Gasteiger partial charge in [0.2, 0.25) is 10.9 Å². The van der Waals surface area contributed by atoms with E-state index in [1.807, 2.05) is 4.90 Å². The predicted octanol–water partition coefficient (Wildman–Crippen LogP) is 5.20. The maximum atomic E-state index is 15.4. The topological polar surface area (TPSA) is 212 Å². The number of pyridine rings is 2. The molecule has 6 fully saturated rings. The molecule has 4 heterocycles. The lowest BCUT2D eigenvalue weighted by atomic mass is 9.95. The molecule has 4 saturated carbocycles.